The first kappa shape index (κ1) is 16.3. The fraction of sp³-hybridized carbons (Fsp3) is 0.750. The minimum absolute atomic E-state index is 0. The van der Waals surface area contributed by atoms with Crippen LogP contribution in [-0.4, -0.2) is 29.2 Å². The molecule has 5 nitrogen and oxygen atoms in total. The summed E-state index contributed by atoms with van der Waals surface area (Å²) in [5.74, 6) is 0.690. The molecule has 2 rings (SSSR count). The lowest BCUT2D eigenvalue weighted by atomic mass is 9.99. The van der Waals surface area contributed by atoms with Crippen molar-refractivity contribution in [3.8, 4) is 0 Å². The smallest absolute Gasteiger partial charge is 0.230 e. The fourth-order valence-corrected chi connectivity index (χ4v) is 2.97. The third-order valence-corrected chi connectivity index (χ3v) is 3.81. The molecule has 19 heavy (non-hydrogen) atoms. The van der Waals surface area contributed by atoms with Crippen LogP contribution in [0.2, 0.25) is 0 Å². The highest BCUT2D eigenvalue weighted by Crippen LogP contribution is 2.20. The summed E-state index contributed by atoms with van der Waals surface area (Å²) in [5.41, 5.74) is 0. The second-order valence-corrected chi connectivity index (χ2v) is 6.19. The average Bonchev–Trinajstić information content (AvgIpc) is 2.76. The lowest BCUT2D eigenvalue weighted by Crippen LogP contribution is -2.37. The van der Waals surface area contributed by atoms with Gasteiger partial charge in [-0.05, 0) is 25.3 Å². The van der Waals surface area contributed by atoms with Gasteiger partial charge >= 0.3 is 0 Å². The molecule has 0 aromatic carbocycles. The Hall–Kier alpha value is -0.720. The van der Waals surface area contributed by atoms with E-state index in [0.29, 0.717) is 11.0 Å². The van der Waals surface area contributed by atoms with Crippen molar-refractivity contribution in [3.05, 3.63) is 5.01 Å². The zero-order valence-corrected chi connectivity index (χ0v) is 12.9. The zero-order valence-electron chi connectivity index (χ0n) is 11.3. The van der Waals surface area contributed by atoms with Crippen molar-refractivity contribution >= 4 is 34.8 Å². The number of nitrogens with one attached hydrogen (secondary N) is 2. The second kappa shape index (κ2) is 7.77. The van der Waals surface area contributed by atoms with Gasteiger partial charge in [-0.3, -0.25) is 4.79 Å². The Morgan fingerprint density at radius 3 is 2.95 bits per heavy atom. The third-order valence-electron chi connectivity index (χ3n) is 2.95. The Balaban J connectivity index is 0.00000180. The Bertz CT molecular complexity index is 404. The van der Waals surface area contributed by atoms with Gasteiger partial charge in [0.05, 0.1) is 5.92 Å². The van der Waals surface area contributed by atoms with Crippen LogP contribution in [0.1, 0.15) is 31.7 Å². The molecule has 0 spiro atoms. The van der Waals surface area contributed by atoms with Crippen LogP contribution in [0.4, 0.5) is 5.13 Å². The molecule has 1 atom stereocenters. The van der Waals surface area contributed by atoms with Crippen LogP contribution >= 0.6 is 23.7 Å². The van der Waals surface area contributed by atoms with Gasteiger partial charge in [-0.2, -0.15) is 0 Å². The first-order valence-electron chi connectivity index (χ1n) is 6.49. The molecule has 1 fully saturated rings. The lowest BCUT2D eigenvalue weighted by Gasteiger charge is -2.21. The van der Waals surface area contributed by atoms with Gasteiger partial charge < -0.3 is 10.6 Å². The van der Waals surface area contributed by atoms with Crippen LogP contribution in [0.25, 0.3) is 0 Å². The number of nitrogens with zero attached hydrogens (tertiary/aromatic N) is 2. The van der Waals surface area contributed by atoms with E-state index in [1.165, 1.54) is 11.3 Å². The SMILES string of the molecule is CC(C)Cc1nnc(NC(=O)[C@@H]2CCCNC2)s1.Cl. The molecule has 0 aliphatic carbocycles. The van der Waals surface area contributed by atoms with Crippen molar-refractivity contribution in [2.24, 2.45) is 11.8 Å². The highest BCUT2D eigenvalue weighted by Gasteiger charge is 2.21. The Morgan fingerprint density at radius 1 is 1.53 bits per heavy atom. The molecule has 2 N–H and O–H groups in total. The van der Waals surface area contributed by atoms with Gasteiger partial charge in [-0.1, -0.05) is 25.2 Å². The molecule has 0 saturated carbocycles. The number of halogens is 1. The molecule has 0 bridgehead atoms. The largest absolute Gasteiger partial charge is 0.316 e. The van der Waals surface area contributed by atoms with E-state index in [4.69, 9.17) is 0 Å². The van der Waals surface area contributed by atoms with Crippen molar-refractivity contribution < 1.29 is 4.79 Å². The maximum Gasteiger partial charge on any atom is 0.230 e. The number of rotatable bonds is 4. The van der Waals surface area contributed by atoms with Crippen molar-refractivity contribution in [1.82, 2.24) is 15.5 Å². The average molecular weight is 305 g/mol. The van der Waals surface area contributed by atoms with Gasteiger partial charge in [-0.15, -0.1) is 22.6 Å². The molecule has 1 aliphatic rings. The van der Waals surface area contributed by atoms with Gasteiger partial charge in [0, 0.05) is 13.0 Å². The number of amides is 1. The van der Waals surface area contributed by atoms with Crippen molar-refractivity contribution in [3.63, 3.8) is 0 Å². The molecule has 7 heteroatoms. The molecular formula is C12H21ClN4OS. The van der Waals surface area contributed by atoms with Crippen LogP contribution in [0.5, 0.6) is 0 Å². The topological polar surface area (TPSA) is 66.9 Å². The predicted molar refractivity (Wildman–Crippen MR) is 79.9 cm³/mol. The van der Waals surface area contributed by atoms with Crippen LogP contribution in [-0.2, 0) is 11.2 Å². The number of hydrogen-bond donors (Lipinski definition) is 2. The van der Waals surface area contributed by atoms with Gasteiger partial charge in [-0.25, -0.2) is 0 Å². The highest BCUT2D eigenvalue weighted by atomic mass is 35.5. The molecule has 1 amide bonds. The summed E-state index contributed by atoms with van der Waals surface area (Å²) < 4.78 is 0. The molecule has 108 valence electrons. The van der Waals surface area contributed by atoms with Crippen LogP contribution < -0.4 is 10.6 Å². The summed E-state index contributed by atoms with van der Waals surface area (Å²) >= 11 is 1.48. The van der Waals surface area contributed by atoms with E-state index in [0.717, 1.165) is 37.4 Å². The molecule has 0 unspecified atom stereocenters. The number of hydrogen-bond acceptors (Lipinski definition) is 5. The van der Waals surface area contributed by atoms with Crippen LogP contribution in [0.3, 0.4) is 0 Å². The summed E-state index contributed by atoms with van der Waals surface area (Å²) in [5, 5.41) is 15.8. The van der Waals surface area contributed by atoms with Gasteiger partial charge in [0.2, 0.25) is 11.0 Å². The van der Waals surface area contributed by atoms with E-state index in [2.05, 4.69) is 34.7 Å². The van der Waals surface area contributed by atoms with Crippen molar-refractivity contribution in [1.29, 1.82) is 0 Å². The molecule has 1 aromatic rings. The van der Waals surface area contributed by atoms with E-state index < -0.39 is 0 Å². The predicted octanol–water partition coefficient (Wildman–Crippen LogP) is 2.10. The fourth-order valence-electron chi connectivity index (χ4n) is 2.02. The first-order chi connectivity index (χ1) is 8.65. The number of anilines is 1. The van der Waals surface area contributed by atoms with Crippen LogP contribution in [0, 0.1) is 11.8 Å². The summed E-state index contributed by atoms with van der Waals surface area (Å²) in [6, 6.07) is 0. The Labute approximate surface area is 124 Å². The first-order valence-corrected chi connectivity index (χ1v) is 7.30. The van der Waals surface area contributed by atoms with Crippen LogP contribution in [0.15, 0.2) is 0 Å². The van der Waals surface area contributed by atoms with E-state index in [1.807, 2.05) is 0 Å². The summed E-state index contributed by atoms with van der Waals surface area (Å²) in [4.78, 5) is 12.0. The quantitative estimate of drug-likeness (QED) is 0.894. The molecular weight excluding hydrogens is 284 g/mol. The summed E-state index contributed by atoms with van der Waals surface area (Å²) in [6.07, 6.45) is 2.93. The number of carbonyl (C=O) groups excluding carboxylic acids is 1. The maximum absolute atomic E-state index is 12.0. The minimum Gasteiger partial charge on any atom is -0.316 e. The number of piperidine rings is 1. The Morgan fingerprint density at radius 2 is 2.32 bits per heavy atom. The number of aromatic nitrogens is 2. The summed E-state index contributed by atoms with van der Waals surface area (Å²) in [6.45, 7) is 6.07. The van der Waals surface area contributed by atoms with Gasteiger partial charge in [0.1, 0.15) is 5.01 Å². The zero-order chi connectivity index (χ0) is 13.0. The Kier molecular flexibility index (Phi) is 6.68. The van der Waals surface area contributed by atoms with E-state index >= 15 is 0 Å². The summed E-state index contributed by atoms with van der Waals surface area (Å²) in [7, 11) is 0. The monoisotopic (exact) mass is 304 g/mol. The molecule has 1 saturated heterocycles. The standard InChI is InChI=1S/C12H20N4OS.ClH/c1-8(2)6-10-15-16-12(18-10)14-11(17)9-4-3-5-13-7-9;/h8-9,13H,3-7H2,1-2H3,(H,14,16,17);1H/t9-;/m1./s1. The minimum atomic E-state index is 0. The second-order valence-electron chi connectivity index (χ2n) is 5.13. The molecule has 1 aliphatic heterocycles. The third kappa shape index (κ3) is 5.04. The normalized spacial score (nSPS) is 19.0. The molecule has 0 radical (unpaired) electrons. The lowest BCUT2D eigenvalue weighted by molar-refractivity contribution is -0.120. The maximum atomic E-state index is 12.0. The molecule has 2 heterocycles. The van der Waals surface area contributed by atoms with Crippen molar-refractivity contribution in [2.75, 3.05) is 18.4 Å². The van der Waals surface area contributed by atoms with Gasteiger partial charge in [0.25, 0.3) is 0 Å². The van der Waals surface area contributed by atoms with E-state index in [9.17, 15) is 4.79 Å². The van der Waals surface area contributed by atoms with E-state index in [-0.39, 0.29) is 24.2 Å². The molecule has 1 aromatic heterocycles. The highest BCUT2D eigenvalue weighted by molar-refractivity contribution is 7.15. The number of carbonyl (C=O) groups is 1. The van der Waals surface area contributed by atoms with Crippen molar-refractivity contribution in [2.45, 2.75) is 33.1 Å². The van der Waals surface area contributed by atoms with Gasteiger partial charge in [0.15, 0.2) is 0 Å². The van der Waals surface area contributed by atoms with E-state index in [1.54, 1.807) is 0 Å².